The maximum Gasteiger partial charge on any atom is 0.416 e. The van der Waals surface area contributed by atoms with E-state index < -0.39 is 22.6 Å². The third kappa shape index (κ3) is 5.88. The lowest BCUT2D eigenvalue weighted by Crippen LogP contribution is -2.47. The summed E-state index contributed by atoms with van der Waals surface area (Å²) in [7, 11) is 0. The number of benzene rings is 2. The van der Waals surface area contributed by atoms with Crippen LogP contribution < -0.4 is 16.0 Å². The average Bonchev–Trinajstić information content (AvgIpc) is 2.76. The van der Waals surface area contributed by atoms with E-state index in [4.69, 9.17) is 5.73 Å². The summed E-state index contributed by atoms with van der Waals surface area (Å²) in [6.07, 6.45) is -3.69. The number of nitrogen functional groups attached to an aromatic ring is 1. The highest BCUT2D eigenvalue weighted by Gasteiger charge is 2.31. The van der Waals surface area contributed by atoms with Gasteiger partial charge in [-0.1, -0.05) is 6.07 Å². The molecule has 1 saturated heterocycles. The van der Waals surface area contributed by atoms with Crippen LogP contribution in [0.4, 0.5) is 30.2 Å². The van der Waals surface area contributed by atoms with Crippen molar-refractivity contribution in [1.82, 2.24) is 10.2 Å². The van der Waals surface area contributed by atoms with Crippen LogP contribution in [-0.2, 0) is 6.18 Å². The molecular weight excluding hydrogens is 427 g/mol. The zero-order chi connectivity index (χ0) is 23.3. The van der Waals surface area contributed by atoms with Gasteiger partial charge in [0.15, 0.2) is 0 Å². The molecule has 2 aromatic carbocycles. The molecule has 0 saturated carbocycles. The maximum atomic E-state index is 12.9. The first-order valence-corrected chi connectivity index (χ1v) is 10.1. The Hall–Kier alpha value is -3.34. The summed E-state index contributed by atoms with van der Waals surface area (Å²) in [5.74, 6) is -0.414. The molecule has 3 rings (SSSR count). The fraction of sp³-hybridized carbons (Fsp3) is 0.381. The van der Waals surface area contributed by atoms with Crippen LogP contribution in [0, 0.1) is 10.1 Å². The van der Waals surface area contributed by atoms with E-state index in [1.165, 1.54) is 24.3 Å². The predicted octanol–water partition coefficient (Wildman–Crippen LogP) is 3.14. The molecule has 0 aliphatic carbocycles. The Kier molecular flexibility index (Phi) is 7.18. The molecule has 1 aliphatic rings. The molecular formula is C21H24F3N5O3. The lowest BCUT2D eigenvalue weighted by Gasteiger charge is -2.36. The van der Waals surface area contributed by atoms with Gasteiger partial charge in [-0.05, 0) is 43.3 Å². The second kappa shape index (κ2) is 9.86. The smallest absolute Gasteiger partial charge is 0.393 e. The molecule has 1 heterocycles. The van der Waals surface area contributed by atoms with Crippen LogP contribution in [-0.4, -0.2) is 55.0 Å². The number of carbonyl (C=O) groups excluding carboxylic acids is 1. The lowest BCUT2D eigenvalue weighted by atomic mass is 10.1. The van der Waals surface area contributed by atoms with Gasteiger partial charge in [-0.25, -0.2) is 0 Å². The second-order valence-electron chi connectivity index (χ2n) is 7.52. The van der Waals surface area contributed by atoms with Crippen molar-refractivity contribution in [2.45, 2.75) is 12.6 Å². The minimum atomic E-state index is -4.36. The van der Waals surface area contributed by atoms with Gasteiger partial charge in [0.2, 0.25) is 0 Å². The number of halogens is 3. The number of nitrogens with zero attached hydrogens (tertiary/aromatic N) is 3. The number of hydrogen-bond acceptors (Lipinski definition) is 6. The number of piperazine rings is 1. The molecule has 0 bridgehead atoms. The number of hydrogen-bond donors (Lipinski definition) is 2. The number of anilines is 2. The first-order valence-electron chi connectivity index (χ1n) is 10.1. The molecule has 3 N–H and O–H groups in total. The molecule has 1 aliphatic heterocycles. The van der Waals surface area contributed by atoms with Crippen molar-refractivity contribution in [2.75, 3.05) is 49.9 Å². The maximum absolute atomic E-state index is 12.9. The second-order valence-corrected chi connectivity index (χ2v) is 7.52. The van der Waals surface area contributed by atoms with E-state index in [1.807, 2.05) is 4.90 Å². The van der Waals surface area contributed by atoms with E-state index in [1.54, 1.807) is 6.07 Å². The topological polar surface area (TPSA) is 105 Å². The number of nitrogens with two attached hydrogens (primary N) is 1. The summed E-state index contributed by atoms with van der Waals surface area (Å²) in [5.41, 5.74) is 5.30. The van der Waals surface area contributed by atoms with Gasteiger partial charge in [0.25, 0.3) is 11.6 Å². The van der Waals surface area contributed by atoms with Gasteiger partial charge in [0, 0.05) is 50.0 Å². The number of alkyl halides is 3. The van der Waals surface area contributed by atoms with Gasteiger partial charge in [-0.3, -0.25) is 19.8 Å². The standard InChI is InChI=1S/C21H24F3N5O3/c22-21(23,24)16-3-1-4-17(14-16)28-11-9-27(10-12-28)8-2-7-26-20(30)15-5-6-18(25)19(13-15)29(31)32/h1,3-6,13-14H,2,7-12,25H2,(H,26,30). The summed E-state index contributed by atoms with van der Waals surface area (Å²) in [5, 5.41) is 13.7. The van der Waals surface area contributed by atoms with Gasteiger partial charge in [-0.2, -0.15) is 13.2 Å². The van der Waals surface area contributed by atoms with Crippen LogP contribution in [0.15, 0.2) is 42.5 Å². The van der Waals surface area contributed by atoms with Crippen molar-refractivity contribution in [3.63, 3.8) is 0 Å². The van der Waals surface area contributed by atoms with Gasteiger partial charge in [-0.15, -0.1) is 0 Å². The summed E-state index contributed by atoms with van der Waals surface area (Å²) in [6.45, 7) is 3.75. The normalized spacial score (nSPS) is 14.9. The Labute approximate surface area is 182 Å². The first kappa shape index (κ1) is 23.3. The number of amides is 1. The SMILES string of the molecule is Nc1ccc(C(=O)NCCCN2CCN(c3cccc(C(F)(F)F)c3)CC2)cc1[N+](=O)[O-]. The number of nitro groups is 1. The molecule has 11 heteroatoms. The van der Waals surface area contributed by atoms with Gasteiger partial charge in [0.05, 0.1) is 10.5 Å². The predicted molar refractivity (Wildman–Crippen MR) is 115 cm³/mol. The number of carbonyl (C=O) groups is 1. The fourth-order valence-corrected chi connectivity index (χ4v) is 3.56. The first-order chi connectivity index (χ1) is 15.1. The van der Waals surface area contributed by atoms with E-state index in [2.05, 4.69) is 10.2 Å². The number of rotatable bonds is 7. The Balaban J connectivity index is 1.42. The summed E-state index contributed by atoms with van der Waals surface area (Å²) >= 11 is 0. The van der Waals surface area contributed by atoms with Crippen LogP contribution in [0.1, 0.15) is 22.3 Å². The Morgan fingerprint density at radius 2 is 1.84 bits per heavy atom. The zero-order valence-electron chi connectivity index (χ0n) is 17.3. The molecule has 1 amide bonds. The van der Waals surface area contributed by atoms with Crippen molar-refractivity contribution in [1.29, 1.82) is 0 Å². The molecule has 172 valence electrons. The molecule has 0 radical (unpaired) electrons. The largest absolute Gasteiger partial charge is 0.416 e. The zero-order valence-corrected chi connectivity index (χ0v) is 17.3. The monoisotopic (exact) mass is 451 g/mol. The van der Waals surface area contributed by atoms with Crippen molar-refractivity contribution in [2.24, 2.45) is 0 Å². The van der Waals surface area contributed by atoms with E-state index >= 15 is 0 Å². The van der Waals surface area contributed by atoms with E-state index in [0.29, 0.717) is 44.8 Å². The van der Waals surface area contributed by atoms with E-state index in [0.717, 1.165) is 18.7 Å². The van der Waals surface area contributed by atoms with Gasteiger partial charge < -0.3 is 16.0 Å². The summed E-state index contributed by atoms with van der Waals surface area (Å²) < 4.78 is 38.7. The van der Waals surface area contributed by atoms with Crippen LogP contribution >= 0.6 is 0 Å². The minimum absolute atomic E-state index is 0.00387. The van der Waals surface area contributed by atoms with E-state index in [-0.39, 0.29) is 16.9 Å². The fourth-order valence-electron chi connectivity index (χ4n) is 3.56. The van der Waals surface area contributed by atoms with Crippen molar-refractivity contribution < 1.29 is 22.9 Å². The van der Waals surface area contributed by atoms with Crippen LogP contribution in [0.25, 0.3) is 0 Å². The highest BCUT2D eigenvalue weighted by Crippen LogP contribution is 2.31. The molecule has 0 unspecified atom stereocenters. The van der Waals surface area contributed by atoms with Crippen LogP contribution in [0.3, 0.4) is 0 Å². The molecule has 0 atom stereocenters. The number of nitro benzene ring substituents is 1. The van der Waals surface area contributed by atoms with Crippen LogP contribution in [0.2, 0.25) is 0 Å². The molecule has 1 fully saturated rings. The Bertz CT molecular complexity index is 975. The molecule has 32 heavy (non-hydrogen) atoms. The quantitative estimate of drug-likeness (QED) is 0.290. The van der Waals surface area contributed by atoms with Crippen LogP contribution in [0.5, 0.6) is 0 Å². The van der Waals surface area contributed by atoms with Crippen molar-refractivity contribution >= 4 is 23.0 Å². The molecule has 0 spiro atoms. The third-order valence-corrected chi connectivity index (χ3v) is 5.34. The highest BCUT2D eigenvalue weighted by atomic mass is 19.4. The Morgan fingerprint density at radius 3 is 2.50 bits per heavy atom. The molecule has 2 aromatic rings. The van der Waals surface area contributed by atoms with Gasteiger partial charge >= 0.3 is 6.18 Å². The Morgan fingerprint density at radius 1 is 1.12 bits per heavy atom. The van der Waals surface area contributed by atoms with E-state index in [9.17, 15) is 28.1 Å². The molecule has 8 nitrogen and oxygen atoms in total. The van der Waals surface area contributed by atoms with Gasteiger partial charge in [0.1, 0.15) is 5.69 Å². The molecule has 0 aromatic heterocycles. The minimum Gasteiger partial charge on any atom is -0.393 e. The number of nitrogens with one attached hydrogen (secondary N) is 1. The third-order valence-electron chi connectivity index (χ3n) is 5.34. The van der Waals surface area contributed by atoms with Crippen molar-refractivity contribution in [3.8, 4) is 0 Å². The lowest BCUT2D eigenvalue weighted by molar-refractivity contribution is -0.383. The van der Waals surface area contributed by atoms with Crippen molar-refractivity contribution in [3.05, 3.63) is 63.7 Å². The highest BCUT2D eigenvalue weighted by molar-refractivity contribution is 5.95. The average molecular weight is 451 g/mol. The summed E-state index contributed by atoms with van der Waals surface area (Å²) in [4.78, 5) is 26.6. The summed E-state index contributed by atoms with van der Waals surface area (Å²) in [6, 6.07) is 9.26.